The molecule has 0 aromatic heterocycles. The van der Waals surface area contributed by atoms with Gasteiger partial charge >= 0.3 is 5.97 Å². The Balaban J connectivity index is 2.34. The highest BCUT2D eigenvalue weighted by Gasteiger charge is 2.22. The van der Waals surface area contributed by atoms with Gasteiger partial charge in [0, 0.05) is 11.6 Å². The highest BCUT2D eigenvalue weighted by molar-refractivity contribution is 6.32. The second-order valence-corrected chi connectivity index (χ2v) is 6.47. The Morgan fingerprint density at radius 3 is 2.43 bits per heavy atom. The average molecular weight is 334 g/mol. The number of hydrogen-bond acceptors (Lipinski definition) is 4. The molecular weight excluding hydrogens is 318 g/mol. The van der Waals surface area contributed by atoms with E-state index >= 15 is 0 Å². The van der Waals surface area contributed by atoms with Crippen molar-refractivity contribution in [3.05, 3.63) is 68.7 Å². The summed E-state index contributed by atoms with van der Waals surface area (Å²) in [5, 5.41) is 10.9. The van der Waals surface area contributed by atoms with Gasteiger partial charge in [-0.1, -0.05) is 50.6 Å². The van der Waals surface area contributed by atoms with Crippen molar-refractivity contribution in [1.82, 2.24) is 0 Å². The highest BCUT2D eigenvalue weighted by Crippen LogP contribution is 2.32. The molecule has 0 heterocycles. The SMILES string of the molecule is CC(C)(C)c1ccccc1OC(=O)c1ccc(Cl)c([N+](=O)[O-])c1. The highest BCUT2D eigenvalue weighted by atomic mass is 35.5. The molecule has 120 valence electrons. The van der Waals surface area contributed by atoms with Crippen molar-refractivity contribution in [3.63, 3.8) is 0 Å². The summed E-state index contributed by atoms with van der Waals surface area (Å²) in [5.74, 6) is -0.232. The standard InChI is InChI=1S/C17H16ClNO4/c1-17(2,3)12-6-4-5-7-15(12)23-16(20)11-8-9-13(18)14(10-11)19(21)22/h4-10H,1-3H3. The summed E-state index contributed by atoms with van der Waals surface area (Å²) in [6.45, 7) is 6.02. The van der Waals surface area contributed by atoms with E-state index in [1.165, 1.54) is 12.1 Å². The number of halogens is 1. The number of ether oxygens (including phenoxy) is 1. The zero-order chi connectivity index (χ0) is 17.2. The minimum Gasteiger partial charge on any atom is -0.423 e. The van der Waals surface area contributed by atoms with Gasteiger partial charge in [-0.2, -0.15) is 0 Å². The second-order valence-electron chi connectivity index (χ2n) is 6.06. The predicted octanol–water partition coefficient (Wildman–Crippen LogP) is 4.76. The van der Waals surface area contributed by atoms with Crippen molar-refractivity contribution >= 4 is 23.3 Å². The Hall–Kier alpha value is -2.40. The summed E-state index contributed by atoms with van der Waals surface area (Å²) in [7, 11) is 0. The van der Waals surface area contributed by atoms with Gasteiger partial charge < -0.3 is 4.74 Å². The minimum absolute atomic E-state index is 0.0263. The van der Waals surface area contributed by atoms with E-state index in [1.54, 1.807) is 12.1 Å². The molecule has 0 bridgehead atoms. The third-order valence-electron chi connectivity index (χ3n) is 3.28. The Morgan fingerprint density at radius 1 is 1.17 bits per heavy atom. The Kier molecular flexibility index (Phi) is 4.71. The van der Waals surface area contributed by atoms with Gasteiger partial charge in [0.1, 0.15) is 10.8 Å². The number of benzene rings is 2. The van der Waals surface area contributed by atoms with Gasteiger partial charge in [-0.05, 0) is 23.6 Å². The van der Waals surface area contributed by atoms with E-state index < -0.39 is 10.9 Å². The summed E-state index contributed by atoms with van der Waals surface area (Å²) >= 11 is 5.75. The van der Waals surface area contributed by atoms with Crippen molar-refractivity contribution in [2.45, 2.75) is 26.2 Å². The first-order valence-electron chi connectivity index (χ1n) is 6.96. The maximum absolute atomic E-state index is 12.3. The average Bonchev–Trinajstić information content (AvgIpc) is 2.46. The van der Waals surface area contributed by atoms with E-state index in [0.29, 0.717) is 5.75 Å². The number of rotatable bonds is 3. The van der Waals surface area contributed by atoms with E-state index in [9.17, 15) is 14.9 Å². The van der Waals surface area contributed by atoms with Crippen molar-refractivity contribution in [2.75, 3.05) is 0 Å². The number of nitro groups is 1. The lowest BCUT2D eigenvalue weighted by Crippen LogP contribution is -2.16. The van der Waals surface area contributed by atoms with E-state index in [4.69, 9.17) is 16.3 Å². The fourth-order valence-electron chi connectivity index (χ4n) is 2.11. The number of carbonyl (C=O) groups is 1. The third kappa shape index (κ3) is 3.87. The molecule has 0 saturated carbocycles. The number of carbonyl (C=O) groups excluding carboxylic acids is 1. The largest absolute Gasteiger partial charge is 0.423 e. The lowest BCUT2D eigenvalue weighted by atomic mass is 9.86. The maximum Gasteiger partial charge on any atom is 0.343 e. The third-order valence-corrected chi connectivity index (χ3v) is 3.60. The molecule has 2 aromatic rings. The molecule has 0 aliphatic carbocycles. The molecule has 0 aliphatic rings. The number of para-hydroxylation sites is 1. The fourth-order valence-corrected chi connectivity index (χ4v) is 2.30. The summed E-state index contributed by atoms with van der Waals surface area (Å²) in [6.07, 6.45) is 0. The quantitative estimate of drug-likeness (QED) is 0.351. The summed E-state index contributed by atoms with van der Waals surface area (Å²) in [4.78, 5) is 22.6. The van der Waals surface area contributed by atoms with E-state index in [0.717, 1.165) is 11.6 Å². The van der Waals surface area contributed by atoms with E-state index in [2.05, 4.69) is 0 Å². The van der Waals surface area contributed by atoms with Gasteiger partial charge in [0.25, 0.3) is 5.69 Å². The van der Waals surface area contributed by atoms with Crippen molar-refractivity contribution in [1.29, 1.82) is 0 Å². The second kappa shape index (κ2) is 6.38. The van der Waals surface area contributed by atoms with Crippen LogP contribution in [0, 0.1) is 10.1 Å². The van der Waals surface area contributed by atoms with Crippen LogP contribution < -0.4 is 4.74 Å². The smallest absolute Gasteiger partial charge is 0.343 e. The van der Waals surface area contributed by atoms with Crippen LogP contribution in [0.25, 0.3) is 0 Å². The van der Waals surface area contributed by atoms with Crippen LogP contribution in [-0.4, -0.2) is 10.9 Å². The summed E-state index contributed by atoms with van der Waals surface area (Å²) < 4.78 is 5.43. The first kappa shape index (κ1) is 17.0. The Labute approximate surface area is 139 Å². The minimum atomic E-state index is -0.665. The normalized spacial score (nSPS) is 11.1. The maximum atomic E-state index is 12.3. The fraction of sp³-hybridized carbons (Fsp3) is 0.235. The van der Waals surface area contributed by atoms with Gasteiger partial charge in [0.2, 0.25) is 0 Å². The van der Waals surface area contributed by atoms with Crippen molar-refractivity contribution in [3.8, 4) is 5.75 Å². The molecule has 0 unspecified atom stereocenters. The van der Waals surface area contributed by atoms with Crippen LogP contribution in [0.3, 0.4) is 0 Å². The molecule has 0 spiro atoms. The molecule has 6 heteroatoms. The van der Waals surface area contributed by atoms with Crippen molar-refractivity contribution < 1.29 is 14.5 Å². The number of nitrogens with zero attached hydrogens (tertiary/aromatic N) is 1. The first-order valence-corrected chi connectivity index (χ1v) is 7.33. The molecule has 0 N–H and O–H groups in total. The first-order chi connectivity index (χ1) is 10.7. The van der Waals surface area contributed by atoms with Crippen molar-refractivity contribution in [2.24, 2.45) is 0 Å². The molecule has 0 amide bonds. The van der Waals surface area contributed by atoms with Gasteiger partial charge in [0.05, 0.1) is 10.5 Å². The molecule has 0 saturated heterocycles. The number of esters is 1. The lowest BCUT2D eigenvalue weighted by Gasteiger charge is -2.22. The topological polar surface area (TPSA) is 69.4 Å². The summed E-state index contributed by atoms with van der Waals surface area (Å²) in [5.41, 5.74) is 0.412. The van der Waals surface area contributed by atoms with Gasteiger partial charge in [0.15, 0.2) is 0 Å². The molecule has 0 aliphatic heterocycles. The molecule has 2 rings (SSSR count). The van der Waals surface area contributed by atoms with Crippen LogP contribution in [-0.2, 0) is 5.41 Å². The molecule has 0 atom stereocenters. The monoisotopic (exact) mass is 333 g/mol. The van der Waals surface area contributed by atoms with Crippen LogP contribution in [0.4, 0.5) is 5.69 Å². The van der Waals surface area contributed by atoms with Gasteiger partial charge in [-0.3, -0.25) is 10.1 Å². The zero-order valence-corrected chi connectivity index (χ0v) is 13.8. The van der Waals surface area contributed by atoms with Crippen LogP contribution in [0.1, 0.15) is 36.7 Å². The van der Waals surface area contributed by atoms with E-state index in [-0.39, 0.29) is 21.7 Å². The molecule has 23 heavy (non-hydrogen) atoms. The molecule has 0 fully saturated rings. The Morgan fingerprint density at radius 2 is 1.83 bits per heavy atom. The van der Waals surface area contributed by atoms with Crippen LogP contribution in [0.2, 0.25) is 5.02 Å². The lowest BCUT2D eigenvalue weighted by molar-refractivity contribution is -0.384. The van der Waals surface area contributed by atoms with Gasteiger partial charge in [-0.15, -0.1) is 0 Å². The molecule has 0 radical (unpaired) electrons. The predicted molar refractivity (Wildman–Crippen MR) is 88.2 cm³/mol. The number of hydrogen-bond donors (Lipinski definition) is 0. The zero-order valence-electron chi connectivity index (χ0n) is 13.0. The van der Waals surface area contributed by atoms with Crippen LogP contribution >= 0.6 is 11.6 Å². The molecular formula is C17H16ClNO4. The van der Waals surface area contributed by atoms with Gasteiger partial charge in [-0.25, -0.2) is 4.79 Å². The van der Waals surface area contributed by atoms with Crippen LogP contribution in [0.5, 0.6) is 5.75 Å². The van der Waals surface area contributed by atoms with E-state index in [1.807, 2.05) is 32.9 Å². The number of nitro benzene ring substituents is 1. The molecule has 2 aromatic carbocycles. The summed E-state index contributed by atoms with van der Waals surface area (Å²) in [6, 6.07) is 11.0. The Bertz CT molecular complexity index is 765. The molecule has 5 nitrogen and oxygen atoms in total. The van der Waals surface area contributed by atoms with Crippen LogP contribution in [0.15, 0.2) is 42.5 Å².